The van der Waals surface area contributed by atoms with Gasteiger partial charge in [-0.25, -0.2) is 4.98 Å². The van der Waals surface area contributed by atoms with E-state index in [1.165, 1.54) is 6.42 Å². The van der Waals surface area contributed by atoms with Crippen LogP contribution in [0.5, 0.6) is 0 Å². The number of hydrogen-bond acceptors (Lipinski definition) is 4. The van der Waals surface area contributed by atoms with E-state index in [1.54, 1.807) is 0 Å². The van der Waals surface area contributed by atoms with Gasteiger partial charge >= 0.3 is 0 Å². The van der Waals surface area contributed by atoms with Gasteiger partial charge in [0.1, 0.15) is 11.6 Å². The molecule has 0 unspecified atom stereocenters. The van der Waals surface area contributed by atoms with Crippen molar-refractivity contribution in [2.24, 2.45) is 5.73 Å². The zero-order valence-electron chi connectivity index (χ0n) is 10.3. The normalized spacial score (nSPS) is 18.3. The Bertz CT molecular complexity index is 562. The SMILES string of the molecule is Cc1cc2nnc(C3(CN)CCC3)n2c(C)n1. The topological polar surface area (TPSA) is 69.1 Å². The second-order valence-electron chi connectivity index (χ2n) is 5.00. The molecule has 2 N–H and O–H groups in total. The van der Waals surface area contributed by atoms with Gasteiger partial charge in [0, 0.05) is 23.7 Å². The quantitative estimate of drug-likeness (QED) is 0.841. The number of rotatable bonds is 2. The number of aromatic nitrogens is 4. The Balaban J connectivity index is 2.24. The first-order chi connectivity index (χ1) is 8.16. The molecule has 0 radical (unpaired) electrons. The van der Waals surface area contributed by atoms with Crippen LogP contribution in [0.25, 0.3) is 5.65 Å². The highest BCUT2D eigenvalue weighted by atomic mass is 15.3. The summed E-state index contributed by atoms with van der Waals surface area (Å²) in [6, 6.07) is 1.96. The van der Waals surface area contributed by atoms with E-state index in [0.29, 0.717) is 6.54 Å². The maximum Gasteiger partial charge on any atom is 0.164 e. The van der Waals surface area contributed by atoms with E-state index in [4.69, 9.17) is 5.73 Å². The molecule has 90 valence electrons. The van der Waals surface area contributed by atoms with Crippen LogP contribution in [-0.2, 0) is 5.41 Å². The molecule has 0 aliphatic heterocycles. The minimum absolute atomic E-state index is 0.0289. The predicted molar refractivity (Wildman–Crippen MR) is 64.8 cm³/mol. The third kappa shape index (κ3) is 1.38. The first-order valence-electron chi connectivity index (χ1n) is 6.06. The van der Waals surface area contributed by atoms with Crippen molar-refractivity contribution >= 4 is 5.65 Å². The molecule has 1 aliphatic rings. The highest BCUT2D eigenvalue weighted by molar-refractivity contribution is 5.41. The largest absolute Gasteiger partial charge is 0.329 e. The first-order valence-corrected chi connectivity index (χ1v) is 6.06. The van der Waals surface area contributed by atoms with Crippen molar-refractivity contribution in [3.05, 3.63) is 23.4 Å². The third-order valence-electron chi connectivity index (χ3n) is 3.86. The van der Waals surface area contributed by atoms with Gasteiger partial charge in [0.05, 0.1) is 0 Å². The van der Waals surface area contributed by atoms with E-state index in [9.17, 15) is 0 Å². The Morgan fingerprint density at radius 3 is 2.71 bits per heavy atom. The number of fused-ring (bicyclic) bond motifs is 1. The van der Waals surface area contributed by atoms with Crippen molar-refractivity contribution in [3.63, 3.8) is 0 Å². The fourth-order valence-corrected chi connectivity index (χ4v) is 2.70. The second kappa shape index (κ2) is 3.50. The van der Waals surface area contributed by atoms with Gasteiger partial charge in [-0.2, -0.15) is 0 Å². The van der Waals surface area contributed by atoms with Crippen LogP contribution in [0.1, 0.15) is 36.6 Å². The molecule has 0 bridgehead atoms. The van der Waals surface area contributed by atoms with Crippen LogP contribution in [0, 0.1) is 13.8 Å². The fourth-order valence-electron chi connectivity index (χ4n) is 2.70. The molecule has 2 aromatic heterocycles. The van der Waals surface area contributed by atoms with Gasteiger partial charge in [-0.3, -0.25) is 4.40 Å². The van der Waals surface area contributed by atoms with E-state index >= 15 is 0 Å². The van der Waals surface area contributed by atoms with Crippen LogP contribution < -0.4 is 5.73 Å². The minimum atomic E-state index is 0.0289. The van der Waals surface area contributed by atoms with Gasteiger partial charge in [-0.1, -0.05) is 6.42 Å². The van der Waals surface area contributed by atoms with Crippen LogP contribution in [0.3, 0.4) is 0 Å². The number of nitrogens with zero attached hydrogens (tertiary/aromatic N) is 4. The van der Waals surface area contributed by atoms with Crippen molar-refractivity contribution in [2.75, 3.05) is 6.54 Å². The molecule has 5 nitrogen and oxygen atoms in total. The highest BCUT2D eigenvalue weighted by Crippen LogP contribution is 2.42. The molecular weight excluding hydrogens is 214 g/mol. The molecule has 1 aliphatic carbocycles. The molecule has 3 rings (SSSR count). The summed E-state index contributed by atoms with van der Waals surface area (Å²) in [7, 11) is 0. The molecule has 1 fully saturated rings. The molecule has 0 aromatic carbocycles. The van der Waals surface area contributed by atoms with Gasteiger partial charge in [0.15, 0.2) is 5.65 Å². The van der Waals surface area contributed by atoms with Gasteiger partial charge in [0.2, 0.25) is 0 Å². The Kier molecular flexibility index (Phi) is 2.19. The molecule has 1 saturated carbocycles. The van der Waals surface area contributed by atoms with Crippen LogP contribution in [0.2, 0.25) is 0 Å². The number of aryl methyl sites for hydroxylation is 2. The molecule has 2 aromatic rings. The molecule has 2 heterocycles. The summed E-state index contributed by atoms with van der Waals surface area (Å²) < 4.78 is 2.05. The summed E-state index contributed by atoms with van der Waals surface area (Å²) >= 11 is 0. The van der Waals surface area contributed by atoms with Gasteiger partial charge in [-0.15, -0.1) is 10.2 Å². The molecular formula is C12H17N5. The summed E-state index contributed by atoms with van der Waals surface area (Å²) in [5, 5.41) is 8.61. The number of hydrogen-bond donors (Lipinski definition) is 1. The molecule has 0 spiro atoms. The van der Waals surface area contributed by atoms with Crippen molar-refractivity contribution in [3.8, 4) is 0 Å². The van der Waals surface area contributed by atoms with Crippen molar-refractivity contribution in [1.82, 2.24) is 19.6 Å². The van der Waals surface area contributed by atoms with Crippen molar-refractivity contribution < 1.29 is 0 Å². The average molecular weight is 231 g/mol. The lowest BCUT2D eigenvalue weighted by Crippen LogP contribution is -2.43. The number of nitrogens with two attached hydrogens (primary N) is 1. The molecule has 0 amide bonds. The second-order valence-corrected chi connectivity index (χ2v) is 5.00. The predicted octanol–water partition coefficient (Wildman–Crippen LogP) is 1.12. The standard InChI is InChI=1S/C12H17N5/c1-8-6-10-15-16-11(17(10)9(2)14-8)12(7-13)4-3-5-12/h6H,3-5,7,13H2,1-2H3. The lowest BCUT2D eigenvalue weighted by Gasteiger charge is -2.39. The summed E-state index contributed by atoms with van der Waals surface area (Å²) in [5.74, 6) is 1.94. The lowest BCUT2D eigenvalue weighted by atomic mass is 9.68. The van der Waals surface area contributed by atoms with Crippen LogP contribution in [0.4, 0.5) is 0 Å². The fraction of sp³-hybridized carbons (Fsp3) is 0.583. The molecule has 17 heavy (non-hydrogen) atoms. The minimum Gasteiger partial charge on any atom is -0.329 e. The van der Waals surface area contributed by atoms with E-state index in [1.807, 2.05) is 19.9 Å². The lowest BCUT2D eigenvalue weighted by molar-refractivity contribution is 0.235. The Labute approximate surface area is 100 Å². The molecule has 0 atom stereocenters. The van der Waals surface area contributed by atoms with Gasteiger partial charge in [0.25, 0.3) is 0 Å². The van der Waals surface area contributed by atoms with Crippen molar-refractivity contribution in [1.29, 1.82) is 0 Å². The smallest absolute Gasteiger partial charge is 0.164 e. The first kappa shape index (κ1) is 10.7. The monoisotopic (exact) mass is 231 g/mol. The zero-order chi connectivity index (χ0) is 12.0. The summed E-state index contributed by atoms with van der Waals surface area (Å²) in [4.78, 5) is 4.48. The molecule has 0 saturated heterocycles. The Morgan fingerprint density at radius 2 is 2.12 bits per heavy atom. The van der Waals surface area contributed by atoms with Crippen molar-refractivity contribution in [2.45, 2.75) is 38.5 Å². The average Bonchev–Trinajstić information content (AvgIpc) is 2.61. The van der Waals surface area contributed by atoms with E-state index < -0.39 is 0 Å². The summed E-state index contributed by atoms with van der Waals surface area (Å²) in [6.45, 7) is 4.61. The Morgan fingerprint density at radius 1 is 1.35 bits per heavy atom. The Hall–Kier alpha value is -1.49. The van der Waals surface area contributed by atoms with Gasteiger partial charge in [-0.05, 0) is 26.7 Å². The van der Waals surface area contributed by atoms with Gasteiger partial charge < -0.3 is 5.73 Å². The van der Waals surface area contributed by atoms with E-state index in [2.05, 4.69) is 19.6 Å². The van der Waals surface area contributed by atoms with E-state index in [-0.39, 0.29) is 5.41 Å². The van der Waals surface area contributed by atoms with E-state index in [0.717, 1.165) is 35.8 Å². The maximum atomic E-state index is 5.93. The van der Waals surface area contributed by atoms with Crippen LogP contribution in [0.15, 0.2) is 6.07 Å². The molecule has 5 heteroatoms. The third-order valence-corrected chi connectivity index (χ3v) is 3.86. The maximum absolute atomic E-state index is 5.93. The summed E-state index contributed by atoms with van der Waals surface area (Å²) in [5.41, 5.74) is 7.81. The zero-order valence-corrected chi connectivity index (χ0v) is 10.3. The van der Waals surface area contributed by atoms with Crippen LogP contribution >= 0.6 is 0 Å². The van der Waals surface area contributed by atoms with Crippen LogP contribution in [-0.4, -0.2) is 26.1 Å². The highest BCUT2D eigenvalue weighted by Gasteiger charge is 2.41. The summed E-state index contributed by atoms with van der Waals surface area (Å²) in [6.07, 6.45) is 3.44.